The summed E-state index contributed by atoms with van der Waals surface area (Å²) >= 11 is 0. The number of methoxy groups -OCH3 is 1. The van der Waals surface area contributed by atoms with Crippen LogP contribution in [0.2, 0.25) is 0 Å². The molecule has 124 valence electrons. The number of nitrogens with zero attached hydrogens (tertiary/aromatic N) is 5. The Balaban J connectivity index is 1.91. The van der Waals surface area contributed by atoms with Crippen LogP contribution in [0, 0.1) is 0 Å². The van der Waals surface area contributed by atoms with E-state index in [9.17, 15) is 4.79 Å². The number of ether oxygens (including phenoxy) is 2. The first-order valence-electron chi connectivity index (χ1n) is 7.56. The minimum atomic E-state index is -0.149. The van der Waals surface area contributed by atoms with Crippen LogP contribution < -0.4 is 0 Å². The number of carbonyl (C=O) groups excluding carboxylic acids is 1. The highest BCUT2D eigenvalue weighted by Gasteiger charge is 2.26. The highest BCUT2D eigenvalue weighted by Crippen LogP contribution is 2.08. The summed E-state index contributed by atoms with van der Waals surface area (Å²) < 4.78 is 12.3. The van der Waals surface area contributed by atoms with Gasteiger partial charge >= 0.3 is 0 Å². The second-order valence-electron chi connectivity index (χ2n) is 5.45. The smallest absolute Gasteiger partial charge is 0.239 e. The van der Waals surface area contributed by atoms with Crippen molar-refractivity contribution in [3.63, 3.8) is 0 Å². The minimum Gasteiger partial charge on any atom is -0.383 e. The first kappa shape index (κ1) is 16.9. The van der Waals surface area contributed by atoms with E-state index in [4.69, 9.17) is 9.47 Å². The Labute approximate surface area is 131 Å². The number of carbonyl (C=O) groups is 1. The number of hydrogen-bond acceptors (Lipinski definition) is 6. The lowest BCUT2D eigenvalue weighted by Gasteiger charge is -2.33. The number of rotatable bonds is 7. The largest absolute Gasteiger partial charge is 0.383 e. The van der Waals surface area contributed by atoms with Gasteiger partial charge in [-0.25, -0.2) is 0 Å². The minimum absolute atomic E-state index is 0.0863. The summed E-state index contributed by atoms with van der Waals surface area (Å²) in [6.45, 7) is 6.62. The van der Waals surface area contributed by atoms with Gasteiger partial charge in [-0.3, -0.25) is 9.69 Å². The summed E-state index contributed by atoms with van der Waals surface area (Å²) in [6, 6.07) is -0.149. The van der Waals surface area contributed by atoms with Crippen molar-refractivity contribution in [3.8, 4) is 0 Å². The van der Waals surface area contributed by atoms with Crippen LogP contribution in [0.25, 0.3) is 0 Å². The van der Waals surface area contributed by atoms with E-state index in [1.54, 1.807) is 25.4 Å². The number of aromatic nitrogens is 3. The van der Waals surface area contributed by atoms with Crippen molar-refractivity contribution in [1.82, 2.24) is 24.6 Å². The van der Waals surface area contributed by atoms with E-state index in [-0.39, 0.29) is 11.9 Å². The molecule has 1 aromatic heterocycles. The van der Waals surface area contributed by atoms with E-state index in [1.165, 1.54) is 0 Å². The van der Waals surface area contributed by atoms with Gasteiger partial charge in [0.15, 0.2) is 5.82 Å². The quantitative estimate of drug-likeness (QED) is 0.682. The Kier molecular flexibility index (Phi) is 6.29. The van der Waals surface area contributed by atoms with Crippen LogP contribution in [0.5, 0.6) is 0 Å². The molecule has 0 N–H and O–H groups in total. The summed E-state index contributed by atoms with van der Waals surface area (Å²) in [7, 11) is 3.46. The zero-order valence-electron chi connectivity index (χ0n) is 13.6. The lowest BCUT2D eigenvalue weighted by atomic mass is 10.2. The third kappa shape index (κ3) is 4.25. The molecule has 1 fully saturated rings. The van der Waals surface area contributed by atoms with E-state index < -0.39 is 0 Å². The molecule has 0 aliphatic carbocycles. The summed E-state index contributed by atoms with van der Waals surface area (Å²) in [5.41, 5.74) is 0. The zero-order chi connectivity index (χ0) is 15.9. The van der Waals surface area contributed by atoms with E-state index in [1.807, 2.05) is 11.5 Å². The monoisotopic (exact) mass is 311 g/mol. The van der Waals surface area contributed by atoms with Crippen molar-refractivity contribution >= 4 is 5.91 Å². The first-order chi connectivity index (χ1) is 10.6. The molecule has 0 radical (unpaired) electrons. The average molecular weight is 311 g/mol. The van der Waals surface area contributed by atoms with E-state index >= 15 is 0 Å². The van der Waals surface area contributed by atoms with Crippen molar-refractivity contribution in [2.24, 2.45) is 0 Å². The van der Waals surface area contributed by atoms with Gasteiger partial charge in [0.2, 0.25) is 5.91 Å². The Morgan fingerprint density at radius 1 is 1.50 bits per heavy atom. The van der Waals surface area contributed by atoms with Gasteiger partial charge in [0.25, 0.3) is 0 Å². The lowest BCUT2D eigenvalue weighted by molar-refractivity contribution is -0.137. The molecule has 1 atom stereocenters. The predicted octanol–water partition coefficient (Wildman–Crippen LogP) is -0.396. The zero-order valence-corrected chi connectivity index (χ0v) is 13.6. The molecule has 1 aromatic rings. The molecule has 8 heteroatoms. The van der Waals surface area contributed by atoms with Crippen LogP contribution in [0.3, 0.4) is 0 Å². The van der Waals surface area contributed by atoms with Crippen molar-refractivity contribution < 1.29 is 14.3 Å². The highest BCUT2D eigenvalue weighted by atomic mass is 16.5. The number of morpholine rings is 1. The maximum absolute atomic E-state index is 12.6. The summed E-state index contributed by atoms with van der Waals surface area (Å²) in [5, 5.41) is 8.01. The third-order valence-electron chi connectivity index (χ3n) is 3.94. The van der Waals surface area contributed by atoms with Gasteiger partial charge in [-0.15, -0.1) is 10.2 Å². The molecule has 1 saturated heterocycles. The second kappa shape index (κ2) is 8.21. The first-order valence-corrected chi connectivity index (χ1v) is 7.56. The van der Waals surface area contributed by atoms with Gasteiger partial charge in [-0.05, 0) is 6.92 Å². The van der Waals surface area contributed by atoms with Crippen molar-refractivity contribution in [1.29, 1.82) is 0 Å². The van der Waals surface area contributed by atoms with Crippen molar-refractivity contribution in [2.45, 2.75) is 26.1 Å². The standard InChI is InChI=1S/C14H25N5O3/c1-12(18-5-8-22-9-6-18)14(20)17(2)10-13-16-15-11-19(13)4-7-21-3/h11-12H,4-10H2,1-3H3/t12-/m1/s1. The summed E-state index contributed by atoms with van der Waals surface area (Å²) in [5.74, 6) is 0.852. The SMILES string of the molecule is COCCn1cnnc1CN(C)C(=O)[C@@H](C)N1CCOCC1. The van der Waals surface area contributed by atoms with Crippen molar-refractivity contribution in [3.05, 3.63) is 12.2 Å². The lowest BCUT2D eigenvalue weighted by Crippen LogP contribution is -2.50. The molecule has 1 amide bonds. The molecule has 0 saturated carbocycles. The highest BCUT2D eigenvalue weighted by molar-refractivity contribution is 5.81. The normalized spacial score (nSPS) is 17.4. The molecule has 1 aliphatic heterocycles. The topological polar surface area (TPSA) is 72.7 Å². The fourth-order valence-electron chi connectivity index (χ4n) is 2.51. The van der Waals surface area contributed by atoms with Crippen LogP contribution in [0.15, 0.2) is 6.33 Å². The third-order valence-corrected chi connectivity index (χ3v) is 3.94. The van der Waals surface area contributed by atoms with Crippen molar-refractivity contribution in [2.75, 3.05) is 47.1 Å². The Hall–Kier alpha value is -1.51. The molecular formula is C14H25N5O3. The Morgan fingerprint density at radius 2 is 2.23 bits per heavy atom. The van der Waals surface area contributed by atoms with Crippen LogP contribution in [0.1, 0.15) is 12.7 Å². The van der Waals surface area contributed by atoms with E-state index in [2.05, 4.69) is 15.1 Å². The number of hydrogen-bond donors (Lipinski definition) is 0. The van der Waals surface area contributed by atoms with Crippen LogP contribution in [-0.2, 0) is 27.4 Å². The summed E-state index contributed by atoms with van der Waals surface area (Å²) in [6.07, 6.45) is 1.66. The molecule has 0 unspecified atom stereocenters. The van der Waals surface area contributed by atoms with Crippen LogP contribution in [0.4, 0.5) is 0 Å². The van der Waals surface area contributed by atoms with Gasteiger partial charge in [0.05, 0.1) is 32.4 Å². The predicted molar refractivity (Wildman–Crippen MR) is 80.2 cm³/mol. The van der Waals surface area contributed by atoms with Gasteiger partial charge in [-0.2, -0.15) is 0 Å². The van der Waals surface area contributed by atoms with Gasteiger partial charge in [0, 0.05) is 33.8 Å². The van der Waals surface area contributed by atoms with Crippen LogP contribution in [-0.4, -0.2) is 83.6 Å². The molecular weight excluding hydrogens is 286 g/mol. The molecule has 0 aromatic carbocycles. The molecule has 8 nitrogen and oxygen atoms in total. The van der Waals surface area contributed by atoms with Gasteiger partial charge in [-0.1, -0.05) is 0 Å². The molecule has 2 rings (SSSR count). The van der Waals surface area contributed by atoms with Crippen LogP contribution >= 0.6 is 0 Å². The molecule has 0 spiro atoms. The summed E-state index contributed by atoms with van der Waals surface area (Å²) in [4.78, 5) is 16.4. The van der Waals surface area contributed by atoms with E-state index in [0.717, 1.165) is 18.9 Å². The second-order valence-corrected chi connectivity index (χ2v) is 5.45. The van der Waals surface area contributed by atoms with E-state index in [0.29, 0.717) is 32.9 Å². The fraction of sp³-hybridized carbons (Fsp3) is 0.786. The molecule has 0 bridgehead atoms. The maximum Gasteiger partial charge on any atom is 0.239 e. The maximum atomic E-state index is 12.6. The average Bonchev–Trinajstić information content (AvgIpc) is 2.99. The molecule has 22 heavy (non-hydrogen) atoms. The number of likely N-dealkylation sites (N-methyl/N-ethyl adjacent to an activating group) is 1. The fourth-order valence-corrected chi connectivity index (χ4v) is 2.51. The van der Waals surface area contributed by atoms with Gasteiger partial charge in [0.1, 0.15) is 6.33 Å². The molecule has 1 aliphatic rings. The number of amides is 1. The van der Waals surface area contributed by atoms with Gasteiger partial charge < -0.3 is 18.9 Å². The Morgan fingerprint density at radius 3 is 2.91 bits per heavy atom. The molecule has 2 heterocycles. The Bertz CT molecular complexity index is 473.